The third-order valence-corrected chi connectivity index (χ3v) is 6.95. The second-order valence-electron chi connectivity index (χ2n) is 6.05. The Labute approximate surface area is 120 Å². The summed E-state index contributed by atoms with van der Waals surface area (Å²) in [5.41, 5.74) is 0. The van der Waals surface area contributed by atoms with Crippen molar-refractivity contribution in [2.75, 3.05) is 32.8 Å². The van der Waals surface area contributed by atoms with E-state index >= 15 is 0 Å². The van der Waals surface area contributed by atoms with Crippen molar-refractivity contribution in [3.8, 4) is 0 Å². The van der Waals surface area contributed by atoms with Gasteiger partial charge in [0.25, 0.3) is 10.2 Å². The lowest BCUT2D eigenvalue weighted by atomic mass is 10.00. The third-order valence-electron chi connectivity index (χ3n) is 4.89. The lowest BCUT2D eigenvalue weighted by molar-refractivity contribution is -0.0264. The largest absolute Gasteiger partial charge is 0.396 e. The minimum absolute atomic E-state index is 0.0318. The molecule has 0 aromatic rings. The van der Waals surface area contributed by atoms with Crippen molar-refractivity contribution < 1.29 is 18.3 Å². The maximum atomic E-state index is 12.8. The zero-order valence-corrected chi connectivity index (χ0v) is 12.6. The second-order valence-corrected chi connectivity index (χ2v) is 7.93. The Morgan fingerprint density at radius 2 is 1.85 bits per heavy atom. The van der Waals surface area contributed by atoms with Crippen LogP contribution in [-0.2, 0) is 14.9 Å². The summed E-state index contributed by atoms with van der Waals surface area (Å²) in [6.45, 7) is 2.21. The van der Waals surface area contributed by atoms with Gasteiger partial charge in [-0.3, -0.25) is 0 Å². The first-order valence-electron chi connectivity index (χ1n) is 7.62. The first kappa shape index (κ1) is 14.7. The Kier molecular flexibility index (Phi) is 4.33. The van der Waals surface area contributed by atoms with Gasteiger partial charge in [0, 0.05) is 26.2 Å². The van der Waals surface area contributed by atoms with E-state index in [-0.39, 0.29) is 24.7 Å². The predicted molar refractivity (Wildman–Crippen MR) is 74.4 cm³/mol. The first-order chi connectivity index (χ1) is 9.63. The zero-order valence-electron chi connectivity index (χ0n) is 11.8. The van der Waals surface area contributed by atoms with Gasteiger partial charge in [0.1, 0.15) is 0 Å². The van der Waals surface area contributed by atoms with E-state index in [2.05, 4.69) is 0 Å². The van der Waals surface area contributed by atoms with Crippen LogP contribution >= 0.6 is 0 Å². The average molecular weight is 304 g/mol. The molecule has 116 valence electrons. The van der Waals surface area contributed by atoms with Crippen LogP contribution in [0.1, 0.15) is 32.1 Å². The number of fused-ring (bicyclic) bond motifs is 1. The normalized spacial score (nSPS) is 34.2. The summed E-state index contributed by atoms with van der Waals surface area (Å²) in [6.07, 6.45) is 4.55. The lowest BCUT2D eigenvalue weighted by Gasteiger charge is -2.41. The fraction of sp³-hybridized carbons (Fsp3) is 1.00. The molecule has 0 bridgehead atoms. The van der Waals surface area contributed by atoms with E-state index < -0.39 is 10.2 Å². The van der Waals surface area contributed by atoms with E-state index in [1.54, 1.807) is 8.61 Å². The molecule has 0 spiro atoms. The van der Waals surface area contributed by atoms with Crippen LogP contribution in [-0.4, -0.2) is 67.1 Å². The van der Waals surface area contributed by atoms with Crippen molar-refractivity contribution in [2.24, 2.45) is 5.92 Å². The topological polar surface area (TPSA) is 70.1 Å². The average Bonchev–Trinajstić information content (AvgIpc) is 2.95. The van der Waals surface area contributed by atoms with Crippen LogP contribution in [0.3, 0.4) is 0 Å². The molecule has 2 heterocycles. The summed E-state index contributed by atoms with van der Waals surface area (Å²) in [5, 5.41) is 9.16. The van der Waals surface area contributed by atoms with E-state index in [4.69, 9.17) is 9.84 Å². The Balaban J connectivity index is 1.71. The molecule has 1 aliphatic carbocycles. The summed E-state index contributed by atoms with van der Waals surface area (Å²) >= 11 is 0. The molecule has 2 unspecified atom stereocenters. The highest BCUT2D eigenvalue weighted by atomic mass is 32.2. The predicted octanol–water partition coefficient (Wildman–Crippen LogP) is 0.189. The van der Waals surface area contributed by atoms with Crippen molar-refractivity contribution in [1.29, 1.82) is 0 Å². The van der Waals surface area contributed by atoms with Crippen molar-refractivity contribution in [1.82, 2.24) is 8.61 Å². The van der Waals surface area contributed by atoms with E-state index in [0.29, 0.717) is 26.2 Å². The van der Waals surface area contributed by atoms with Gasteiger partial charge in [0.05, 0.1) is 18.8 Å². The summed E-state index contributed by atoms with van der Waals surface area (Å²) in [7, 11) is -3.37. The number of hydrogen-bond donors (Lipinski definition) is 1. The Hall–Kier alpha value is -0.210. The fourth-order valence-electron chi connectivity index (χ4n) is 3.65. The number of piperidine rings is 1. The molecule has 3 fully saturated rings. The molecule has 1 saturated carbocycles. The van der Waals surface area contributed by atoms with Crippen LogP contribution in [0.25, 0.3) is 0 Å². The molecule has 3 rings (SSSR count). The smallest absolute Gasteiger partial charge is 0.282 e. The highest BCUT2D eigenvalue weighted by Crippen LogP contribution is 2.33. The van der Waals surface area contributed by atoms with Gasteiger partial charge in [-0.05, 0) is 38.0 Å². The number of aliphatic hydroxyl groups excluding tert-OH is 1. The maximum Gasteiger partial charge on any atom is 0.282 e. The van der Waals surface area contributed by atoms with Gasteiger partial charge in [0.15, 0.2) is 0 Å². The van der Waals surface area contributed by atoms with Gasteiger partial charge in [-0.15, -0.1) is 0 Å². The van der Waals surface area contributed by atoms with Crippen LogP contribution in [0.4, 0.5) is 0 Å². The molecule has 0 aromatic heterocycles. The van der Waals surface area contributed by atoms with Gasteiger partial charge in [-0.25, -0.2) is 0 Å². The zero-order chi connectivity index (χ0) is 14.2. The monoisotopic (exact) mass is 304 g/mol. The molecule has 3 aliphatic rings. The van der Waals surface area contributed by atoms with E-state index in [9.17, 15) is 8.42 Å². The first-order valence-corrected chi connectivity index (χ1v) is 9.02. The van der Waals surface area contributed by atoms with Crippen LogP contribution in [0.5, 0.6) is 0 Å². The van der Waals surface area contributed by atoms with Crippen molar-refractivity contribution in [2.45, 2.75) is 44.2 Å². The lowest BCUT2D eigenvalue weighted by Crippen LogP contribution is -2.56. The Bertz CT molecular complexity index is 434. The molecular formula is C13H24N2O4S. The number of hydrogen-bond acceptors (Lipinski definition) is 4. The molecule has 2 aliphatic heterocycles. The highest BCUT2D eigenvalue weighted by Gasteiger charge is 2.44. The molecule has 0 aromatic carbocycles. The summed E-state index contributed by atoms with van der Waals surface area (Å²) < 4.78 is 34.6. The minimum Gasteiger partial charge on any atom is -0.396 e. The van der Waals surface area contributed by atoms with Gasteiger partial charge >= 0.3 is 0 Å². The van der Waals surface area contributed by atoms with Crippen molar-refractivity contribution in [3.63, 3.8) is 0 Å². The molecule has 6 nitrogen and oxygen atoms in total. The summed E-state index contributed by atoms with van der Waals surface area (Å²) in [6, 6.07) is 0.0318. The van der Waals surface area contributed by atoms with Crippen LogP contribution in [0, 0.1) is 5.92 Å². The summed E-state index contributed by atoms with van der Waals surface area (Å²) in [5.74, 6) is 0.255. The molecule has 2 saturated heterocycles. The fourth-order valence-corrected chi connectivity index (χ4v) is 5.51. The molecule has 0 amide bonds. The molecule has 0 radical (unpaired) electrons. The molecule has 7 heteroatoms. The minimum atomic E-state index is -3.37. The number of ether oxygens (including phenoxy) is 1. The molecule has 2 atom stereocenters. The SMILES string of the molecule is O=S(=O)(N1CCC(CO)CC1)N1CCOC2CCCC21. The second kappa shape index (κ2) is 5.88. The van der Waals surface area contributed by atoms with Crippen molar-refractivity contribution >= 4 is 10.2 Å². The van der Waals surface area contributed by atoms with Gasteiger partial charge in [-0.1, -0.05) is 0 Å². The molecular weight excluding hydrogens is 280 g/mol. The molecule has 20 heavy (non-hydrogen) atoms. The van der Waals surface area contributed by atoms with Crippen LogP contribution in [0.2, 0.25) is 0 Å². The van der Waals surface area contributed by atoms with Gasteiger partial charge < -0.3 is 9.84 Å². The van der Waals surface area contributed by atoms with Crippen molar-refractivity contribution in [3.05, 3.63) is 0 Å². The standard InChI is InChI=1S/C13H24N2O4S/c16-10-11-4-6-14(7-5-11)20(17,18)15-8-9-19-13-3-1-2-12(13)15/h11-13,16H,1-10H2. The van der Waals surface area contributed by atoms with E-state index in [1.807, 2.05) is 0 Å². The Morgan fingerprint density at radius 1 is 1.10 bits per heavy atom. The number of morpholine rings is 1. The maximum absolute atomic E-state index is 12.8. The van der Waals surface area contributed by atoms with Crippen LogP contribution in [0.15, 0.2) is 0 Å². The van der Waals surface area contributed by atoms with Gasteiger partial charge in [-0.2, -0.15) is 17.0 Å². The summed E-state index contributed by atoms with van der Waals surface area (Å²) in [4.78, 5) is 0. The number of rotatable bonds is 3. The Morgan fingerprint density at radius 3 is 2.55 bits per heavy atom. The highest BCUT2D eigenvalue weighted by molar-refractivity contribution is 7.86. The quantitative estimate of drug-likeness (QED) is 0.808. The molecule has 1 N–H and O–H groups in total. The van der Waals surface area contributed by atoms with Gasteiger partial charge in [0.2, 0.25) is 0 Å². The van der Waals surface area contributed by atoms with E-state index in [0.717, 1.165) is 32.1 Å². The number of aliphatic hydroxyl groups is 1. The third kappa shape index (κ3) is 2.62. The number of nitrogens with zero attached hydrogens (tertiary/aromatic N) is 2. The van der Waals surface area contributed by atoms with E-state index in [1.165, 1.54) is 0 Å². The van der Waals surface area contributed by atoms with Crippen LogP contribution < -0.4 is 0 Å².